The van der Waals surface area contributed by atoms with Crippen LogP contribution in [0.25, 0.3) is 0 Å². The van der Waals surface area contributed by atoms with Gasteiger partial charge in [0.15, 0.2) is 0 Å². The molecule has 2 N–H and O–H groups in total. The normalized spacial score (nSPS) is 24.0. The predicted molar refractivity (Wildman–Crippen MR) is 71.5 cm³/mol. The fraction of sp³-hybridized carbons (Fsp3) is 0.533. The van der Waals surface area contributed by atoms with Crippen molar-refractivity contribution >= 4 is 5.91 Å². The highest BCUT2D eigenvalue weighted by Crippen LogP contribution is 2.42. The summed E-state index contributed by atoms with van der Waals surface area (Å²) in [6.45, 7) is 0.622. The van der Waals surface area contributed by atoms with Crippen molar-refractivity contribution in [1.82, 2.24) is 10.6 Å². The zero-order valence-electron chi connectivity index (χ0n) is 11.4. The Balaban J connectivity index is 1.82. The smallest absolute Gasteiger partial charge is 0.355 e. The largest absolute Gasteiger partial charge is 0.416 e. The second-order valence-corrected chi connectivity index (χ2v) is 5.74. The number of hydrogen-bond acceptors (Lipinski definition) is 2. The van der Waals surface area contributed by atoms with Crippen molar-refractivity contribution in [3.05, 3.63) is 35.4 Å². The van der Waals surface area contributed by atoms with Gasteiger partial charge in [0.2, 0.25) is 5.91 Å². The third-order valence-electron chi connectivity index (χ3n) is 4.10. The van der Waals surface area contributed by atoms with Crippen LogP contribution in [-0.2, 0) is 11.0 Å². The van der Waals surface area contributed by atoms with Crippen LogP contribution in [0.5, 0.6) is 0 Å². The molecule has 0 aromatic heterocycles. The second-order valence-electron chi connectivity index (χ2n) is 5.74. The molecule has 2 fully saturated rings. The van der Waals surface area contributed by atoms with Crippen LogP contribution in [0.15, 0.2) is 24.3 Å². The molecule has 114 valence electrons. The molecule has 3 rings (SSSR count). The molecule has 21 heavy (non-hydrogen) atoms. The lowest BCUT2D eigenvalue weighted by Gasteiger charge is -2.23. The minimum absolute atomic E-state index is 0.0624. The zero-order chi connectivity index (χ0) is 15.0. The van der Waals surface area contributed by atoms with Crippen molar-refractivity contribution in [2.75, 3.05) is 6.54 Å². The first-order chi connectivity index (χ1) is 9.95. The van der Waals surface area contributed by atoms with Gasteiger partial charge in [-0.2, -0.15) is 13.2 Å². The van der Waals surface area contributed by atoms with E-state index in [1.165, 1.54) is 12.1 Å². The average molecular weight is 298 g/mol. The van der Waals surface area contributed by atoms with Gasteiger partial charge in [0.25, 0.3) is 0 Å². The molecule has 3 nitrogen and oxygen atoms in total. The van der Waals surface area contributed by atoms with E-state index in [1.807, 2.05) is 0 Å². The lowest BCUT2D eigenvalue weighted by molar-refractivity contribution is -0.137. The van der Waals surface area contributed by atoms with E-state index in [0.29, 0.717) is 24.4 Å². The first kappa shape index (κ1) is 14.4. The summed E-state index contributed by atoms with van der Waals surface area (Å²) in [5, 5.41) is 5.98. The predicted octanol–water partition coefficient (Wildman–Crippen LogP) is 2.63. The number of hydrogen-bond donors (Lipinski definition) is 2. The number of carbonyl (C=O) groups excluding carboxylic acids is 1. The van der Waals surface area contributed by atoms with E-state index in [9.17, 15) is 18.0 Å². The molecule has 1 aromatic rings. The summed E-state index contributed by atoms with van der Waals surface area (Å²) >= 11 is 0. The maximum atomic E-state index is 12.8. The van der Waals surface area contributed by atoms with Crippen molar-refractivity contribution in [2.45, 2.75) is 37.5 Å². The Kier molecular flexibility index (Phi) is 3.65. The van der Waals surface area contributed by atoms with Gasteiger partial charge in [0, 0.05) is 12.6 Å². The summed E-state index contributed by atoms with van der Waals surface area (Å²) in [4.78, 5) is 11.7. The van der Waals surface area contributed by atoms with Gasteiger partial charge in [-0.1, -0.05) is 12.1 Å². The monoisotopic (exact) mass is 298 g/mol. The van der Waals surface area contributed by atoms with E-state index < -0.39 is 11.7 Å². The quantitative estimate of drug-likeness (QED) is 0.897. The number of amides is 1. The minimum Gasteiger partial charge on any atom is -0.355 e. The molecule has 2 aliphatic rings. The molecular formula is C15H17F3N2O. The number of benzene rings is 1. The summed E-state index contributed by atoms with van der Waals surface area (Å²) < 4.78 is 38.5. The molecule has 1 amide bonds. The zero-order valence-corrected chi connectivity index (χ0v) is 11.4. The van der Waals surface area contributed by atoms with Gasteiger partial charge in [-0.25, -0.2) is 0 Å². The van der Waals surface area contributed by atoms with Crippen LogP contribution in [0.3, 0.4) is 0 Å². The van der Waals surface area contributed by atoms with E-state index in [4.69, 9.17) is 0 Å². The van der Waals surface area contributed by atoms with Crippen molar-refractivity contribution in [2.24, 2.45) is 5.92 Å². The highest BCUT2D eigenvalue weighted by atomic mass is 19.4. The topological polar surface area (TPSA) is 41.1 Å². The standard InChI is InChI=1S/C15H17F3N2O/c16-15(17,18)11-3-1-2-10(8-11)13(9-4-5-9)20-12-6-7-19-14(12)21/h1-3,8-9,12-13,20H,4-7H2,(H,19,21)/t12-,13-/m1/s1. The molecule has 1 aliphatic carbocycles. The van der Waals surface area contributed by atoms with Crippen LogP contribution in [-0.4, -0.2) is 18.5 Å². The summed E-state index contributed by atoms with van der Waals surface area (Å²) in [6, 6.07) is 4.94. The summed E-state index contributed by atoms with van der Waals surface area (Å²) in [5.74, 6) is 0.259. The highest BCUT2D eigenvalue weighted by Gasteiger charge is 2.37. The van der Waals surface area contributed by atoms with E-state index in [-0.39, 0.29) is 18.0 Å². The van der Waals surface area contributed by atoms with Gasteiger partial charge in [-0.3, -0.25) is 10.1 Å². The molecule has 1 heterocycles. The highest BCUT2D eigenvalue weighted by molar-refractivity contribution is 5.83. The fourth-order valence-electron chi connectivity index (χ4n) is 2.81. The molecule has 2 atom stereocenters. The van der Waals surface area contributed by atoms with Crippen molar-refractivity contribution in [3.8, 4) is 0 Å². The molecular weight excluding hydrogens is 281 g/mol. The lowest BCUT2D eigenvalue weighted by Crippen LogP contribution is -2.39. The van der Waals surface area contributed by atoms with Crippen LogP contribution < -0.4 is 10.6 Å². The average Bonchev–Trinajstić information content (AvgIpc) is 3.19. The molecule has 1 aliphatic heterocycles. The Hall–Kier alpha value is -1.56. The first-order valence-corrected chi connectivity index (χ1v) is 7.16. The molecule has 1 saturated carbocycles. The third-order valence-corrected chi connectivity index (χ3v) is 4.10. The number of carbonyl (C=O) groups is 1. The SMILES string of the molecule is O=C1NCC[C@H]1N[C@@H](c1cccc(C(F)(F)F)c1)C1CC1. The van der Waals surface area contributed by atoms with E-state index in [0.717, 1.165) is 18.9 Å². The van der Waals surface area contributed by atoms with Crippen LogP contribution in [0.1, 0.15) is 36.4 Å². The maximum absolute atomic E-state index is 12.8. The Morgan fingerprint density at radius 3 is 2.57 bits per heavy atom. The van der Waals surface area contributed by atoms with E-state index in [1.54, 1.807) is 6.07 Å². The number of halogens is 3. The summed E-state index contributed by atoms with van der Waals surface area (Å²) in [5.41, 5.74) is -0.0182. The molecule has 6 heteroatoms. The van der Waals surface area contributed by atoms with E-state index in [2.05, 4.69) is 10.6 Å². The lowest BCUT2D eigenvalue weighted by atomic mass is 9.98. The molecule has 0 radical (unpaired) electrons. The second kappa shape index (κ2) is 5.33. The molecule has 1 saturated heterocycles. The fourth-order valence-corrected chi connectivity index (χ4v) is 2.81. The Bertz CT molecular complexity index is 540. The Morgan fingerprint density at radius 2 is 2.00 bits per heavy atom. The third kappa shape index (κ3) is 3.20. The van der Waals surface area contributed by atoms with Gasteiger partial charge < -0.3 is 5.32 Å². The Morgan fingerprint density at radius 1 is 1.24 bits per heavy atom. The van der Waals surface area contributed by atoms with E-state index >= 15 is 0 Å². The van der Waals surface area contributed by atoms with Crippen LogP contribution in [0.2, 0.25) is 0 Å². The van der Waals surface area contributed by atoms with Crippen LogP contribution >= 0.6 is 0 Å². The van der Waals surface area contributed by atoms with Gasteiger partial charge in [-0.05, 0) is 42.9 Å². The van der Waals surface area contributed by atoms with Gasteiger partial charge in [-0.15, -0.1) is 0 Å². The molecule has 1 aromatic carbocycles. The van der Waals surface area contributed by atoms with Gasteiger partial charge in [0.1, 0.15) is 0 Å². The number of rotatable bonds is 4. The van der Waals surface area contributed by atoms with Crippen LogP contribution in [0, 0.1) is 5.92 Å². The molecule has 0 spiro atoms. The minimum atomic E-state index is -4.34. The maximum Gasteiger partial charge on any atom is 0.416 e. The molecule has 0 unspecified atom stereocenters. The Labute approximate surface area is 120 Å². The number of nitrogens with one attached hydrogen (secondary N) is 2. The van der Waals surface area contributed by atoms with Crippen molar-refractivity contribution in [3.63, 3.8) is 0 Å². The van der Waals surface area contributed by atoms with Crippen molar-refractivity contribution < 1.29 is 18.0 Å². The van der Waals surface area contributed by atoms with Crippen molar-refractivity contribution in [1.29, 1.82) is 0 Å². The summed E-state index contributed by atoms with van der Waals surface area (Å²) in [6.07, 6.45) is -1.68. The van der Waals surface area contributed by atoms with Gasteiger partial charge in [0.05, 0.1) is 11.6 Å². The first-order valence-electron chi connectivity index (χ1n) is 7.16. The van der Waals surface area contributed by atoms with Gasteiger partial charge >= 0.3 is 6.18 Å². The van der Waals surface area contributed by atoms with Crippen LogP contribution in [0.4, 0.5) is 13.2 Å². The summed E-state index contributed by atoms with van der Waals surface area (Å²) in [7, 11) is 0. The number of alkyl halides is 3. The molecule has 0 bridgehead atoms.